The number of amides is 1. The number of carbonyl (C=O) groups is 1. The monoisotopic (exact) mass is 312 g/mol. The molecule has 3 rings (SSSR count). The highest BCUT2D eigenvalue weighted by Crippen LogP contribution is 2.20. The molecule has 1 amide bonds. The van der Waals surface area contributed by atoms with Crippen LogP contribution in [0.2, 0.25) is 0 Å². The fourth-order valence-corrected chi connectivity index (χ4v) is 2.45. The Bertz CT molecular complexity index is 694. The Morgan fingerprint density at radius 3 is 2.61 bits per heavy atom. The van der Waals surface area contributed by atoms with E-state index in [1.807, 2.05) is 13.8 Å². The second-order valence-corrected chi connectivity index (χ2v) is 5.65. The summed E-state index contributed by atoms with van der Waals surface area (Å²) in [6.07, 6.45) is 0. The highest BCUT2D eigenvalue weighted by Gasteiger charge is 2.19. The molecule has 1 aromatic carbocycles. The summed E-state index contributed by atoms with van der Waals surface area (Å²) in [5.74, 6) is 0.524. The van der Waals surface area contributed by atoms with Gasteiger partial charge in [-0.3, -0.25) is 4.79 Å². The van der Waals surface area contributed by atoms with Crippen LogP contribution in [0.3, 0.4) is 0 Å². The third-order valence-electron chi connectivity index (χ3n) is 3.84. The number of ether oxygens (including phenoxy) is 1. The van der Waals surface area contributed by atoms with Gasteiger partial charge in [-0.25, -0.2) is 0 Å². The molecule has 2 aromatic rings. The van der Waals surface area contributed by atoms with Gasteiger partial charge < -0.3 is 15.0 Å². The van der Waals surface area contributed by atoms with Crippen molar-refractivity contribution in [2.45, 2.75) is 13.8 Å². The minimum Gasteiger partial charge on any atom is -0.378 e. The molecule has 0 saturated carbocycles. The molecule has 1 aliphatic heterocycles. The molecule has 2 heterocycles. The van der Waals surface area contributed by atoms with E-state index in [4.69, 9.17) is 4.74 Å². The molecule has 120 valence electrons. The van der Waals surface area contributed by atoms with E-state index in [0.717, 1.165) is 11.3 Å². The van der Waals surface area contributed by atoms with E-state index in [1.165, 1.54) is 5.56 Å². The van der Waals surface area contributed by atoms with Crippen molar-refractivity contribution in [3.8, 4) is 0 Å². The summed E-state index contributed by atoms with van der Waals surface area (Å²) in [4.78, 5) is 14.1. The molecular weight excluding hydrogens is 292 g/mol. The molecule has 0 unspecified atom stereocenters. The molecule has 0 atom stereocenters. The molecule has 1 N–H and O–H groups in total. The minimum absolute atomic E-state index is 0.0981. The van der Waals surface area contributed by atoms with Crippen LogP contribution in [0.4, 0.5) is 11.5 Å². The van der Waals surface area contributed by atoms with Crippen LogP contribution in [0.1, 0.15) is 21.6 Å². The third-order valence-corrected chi connectivity index (χ3v) is 3.84. The van der Waals surface area contributed by atoms with Crippen LogP contribution in [-0.2, 0) is 4.74 Å². The van der Waals surface area contributed by atoms with Crippen LogP contribution >= 0.6 is 0 Å². The summed E-state index contributed by atoms with van der Waals surface area (Å²) in [6.45, 7) is 6.43. The minimum atomic E-state index is -0.0981. The maximum atomic E-state index is 12.3. The first-order valence-electron chi connectivity index (χ1n) is 7.68. The van der Waals surface area contributed by atoms with Gasteiger partial charge in [-0.1, -0.05) is 12.1 Å². The van der Waals surface area contributed by atoms with Gasteiger partial charge in [-0.2, -0.15) is 0 Å². The van der Waals surface area contributed by atoms with Gasteiger partial charge in [0, 0.05) is 18.8 Å². The molecule has 1 aromatic heterocycles. The predicted octanol–water partition coefficient (Wildman–Crippen LogP) is 2.31. The van der Waals surface area contributed by atoms with Crippen LogP contribution in [0.15, 0.2) is 30.3 Å². The molecule has 6 nitrogen and oxygen atoms in total. The number of nitrogens with zero attached hydrogens (tertiary/aromatic N) is 3. The second-order valence-electron chi connectivity index (χ2n) is 5.65. The van der Waals surface area contributed by atoms with Crippen molar-refractivity contribution in [3.63, 3.8) is 0 Å². The molecular formula is C17H20N4O2. The quantitative estimate of drug-likeness (QED) is 0.942. The van der Waals surface area contributed by atoms with Crippen molar-refractivity contribution in [1.82, 2.24) is 15.1 Å². The Morgan fingerprint density at radius 2 is 1.91 bits per heavy atom. The molecule has 0 spiro atoms. The topological polar surface area (TPSA) is 67.4 Å². The molecule has 23 heavy (non-hydrogen) atoms. The van der Waals surface area contributed by atoms with Crippen molar-refractivity contribution in [3.05, 3.63) is 47.2 Å². The number of hydrogen-bond acceptors (Lipinski definition) is 5. The van der Waals surface area contributed by atoms with Crippen LogP contribution in [0.5, 0.6) is 0 Å². The Morgan fingerprint density at radius 1 is 1.13 bits per heavy atom. The molecule has 0 radical (unpaired) electrons. The number of carbonyl (C=O) groups excluding carboxylic acids is 1. The first kappa shape index (κ1) is 15.4. The highest BCUT2D eigenvalue weighted by atomic mass is 16.5. The summed E-state index contributed by atoms with van der Waals surface area (Å²) < 4.78 is 5.25. The van der Waals surface area contributed by atoms with Gasteiger partial charge in [-0.15, -0.1) is 10.2 Å². The summed E-state index contributed by atoms with van der Waals surface area (Å²) in [5.41, 5.74) is 3.65. The molecule has 0 bridgehead atoms. The molecule has 1 fully saturated rings. The van der Waals surface area contributed by atoms with Gasteiger partial charge in [-0.05, 0) is 43.2 Å². The van der Waals surface area contributed by atoms with E-state index in [0.29, 0.717) is 37.8 Å². The maximum Gasteiger partial charge on any atom is 0.274 e. The Labute approximate surface area is 135 Å². The number of morpholine rings is 1. The van der Waals surface area contributed by atoms with Crippen LogP contribution in [0, 0.1) is 13.8 Å². The Balaban J connectivity index is 1.71. The van der Waals surface area contributed by atoms with Gasteiger partial charge in [0.1, 0.15) is 0 Å². The fraction of sp³-hybridized carbons (Fsp3) is 0.353. The largest absolute Gasteiger partial charge is 0.378 e. The van der Waals surface area contributed by atoms with E-state index >= 15 is 0 Å². The van der Waals surface area contributed by atoms with Crippen LogP contribution in [-0.4, -0.2) is 47.3 Å². The average Bonchev–Trinajstić information content (AvgIpc) is 2.59. The second kappa shape index (κ2) is 6.75. The summed E-state index contributed by atoms with van der Waals surface area (Å²) >= 11 is 0. The molecule has 6 heteroatoms. The Hall–Kier alpha value is -2.47. The van der Waals surface area contributed by atoms with Crippen molar-refractivity contribution in [2.75, 3.05) is 31.6 Å². The van der Waals surface area contributed by atoms with Crippen molar-refractivity contribution in [2.24, 2.45) is 0 Å². The lowest BCUT2D eigenvalue weighted by molar-refractivity contribution is 0.0298. The standard InChI is InChI=1S/C17H20N4O2/c1-12-3-4-13(2)15(11-12)18-16-6-5-14(19-20-16)17(22)21-7-9-23-10-8-21/h3-6,11H,7-10H2,1-2H3,(H,18,20). The molecule has 1 saturated heterocycles. The van der Waals surface area contributed by atoms with Crippen LogP contribution in [0.25, 0.3) is 0 Å². The normalized spacial score (nSPS) is 14.6. The summed E-state index contributed by atoms with van der Waals surface area (Å²) in [5, 5.41) is 11.4. The third kappa shape index (κ3) is 3.65. The first-order valence-corrected chi connectivity index (χ1v) is 7.68. The maximum absolute atomic E-state index is 12.3. The number of rotatable bonds is 3. The lowest BCUT2D eigenvalue weighted by Gasteiger charge is -2.26. The number of benzene rings is 1. The number of aromatic nitrogens is 2. The van der Waals surface area contributed by atoms with E-state index < -0.39 is 0 Å². The van der Waals surface area contributed by atoms with E-state index in [2.05, 4.69) is 33.7 Å². The summed E-state index contributed by atoms with van der Waals surface area (Å²) in [6, 6.07) is 9.67. The molecule has 1 aliphatic rings. The van der Waals surface area contributed by atoms with Gasteiger partial charge >= 0.3 is 0 Å². The Kier molecular flexibility index (Phi) is 4.52. The lowest BCUT2D eigenvalue weighted by Crippen LogP contribution is -2.41. The van der Waals surface area contributed by atoms with E-state index in [1.54, 1.807) is 17.0 Å². The zero-order valence-electron chi connectivity index (χ0n) is 13.4. The van der Waals surface area contributed by atoms with Crippen molar-refractivity contribution in [1.29, 1.82) is 0 Å². The molecule has 0 aliphatic carbocycles. The smallest absolute Gasteiger partial charge is 0.274 e. The SMILES string of the molecule is Cc1ccc(C)c(Nc2ccc(C(=O)N3CCOCC3)nn2)c1. The van der Waals surface area contributed by atoms with E-state index in [-0.39, 0.29) is 5.91 Å². The van der Waals surface area contributed by atoms with Crippen molar-refractivity contribution < 1.29 is 9.53 Å². The first-order chi connectivity index (χ1) is 11.1. The summed E-state index contributed by atoms with van der Waals surface area (Å²) in [7, 11) is 0. The van der Waals surface area contributed by atoms with Gasteiger partial charge in [0.2, 0.25) is 0 Å². The van der Waals surface area contributed by atoms with Gasteiger partial charge in [0.15, 0.2) is 11.5 Å². The zero-order valence-corrected chi connectivity index (χ0v) is 13.4. The fourth-order valence-electron chi connectivity index (χ4n) is 2.45. The van der Waals surface area contributed by atoms with Gasteiger partial charge in [0.05, 0.1) is 13.2 Å². The highest BCUT2D eigenvalue weighted by molar-refractivity contribution is 5.92. The van der Waals surface area contributed by atoms with E-state index in [9.17, 15) is 4.79 Å². The van der Waals surface area contributed by atoms with Crippen molar-refractivity contribution >= 4 is 17.4 Å². The predicted molar refractivity (Wildman–Crippen MR) is 88.0 cm³/mol. The van der Waals surface area contributed by atoms with Crippen LogP contribution < -0.4 is 5.32 Å². The number of aryl methyl sites for hydroxylation is 2. The zero-order chi connectivity index (χ0) is 16.2. The number of anilines is 2. The number of nitrogens with one attached hydrogen (secondary N) is 1. The lowest BCUT2D eigenvalue weighted by atomic mass is 10.1. The van der Waals surface area contributed by atoms with Gasteiger partial charge in [0.25, 0.3) is 5.91 Å². The average molecular weight is 312 g/mol. The number of hydrogen-bond donors (Lipinski definition) is 1.